The Morgan fingerprint density at radius 3 is 2.44 bits per heavy atom. The summed E-state index contributed by atoms with van der Waals surface area (Å²) in [6.45, 7) is 2.50. The second-order valence-electron chi connectivity index (χ2n) is 9.61. The van der Waals surface area contributed by atoms with Crippen molar-refractivity contribution in [3.8, 4) is 12.3 Å². The van der Waals surface area contributed by atoms with E-state index < -0.39 is 0 Å². The fourth-order valence-electron chi connectivity index (χ4n) is 6.80. The van der Waals surface area contributed by atoms with E-state index in [-0.39, 0.29) is 17.2 Å². The van der Waals surface area contributed by atoms with Gasteiger partial charge >= 0.3 is 0 Å². The second-order valence-corrected chi connectivity index (χ2v) is 9.61. The highest BCUT2D eigenvalue weighted by Crippen LogP contribution is 2.60. The van der Waals surface area contributed by atoms with Gasteiger partial charge in [-0.2, -0.15) is 5.10 Å². The van der Waals surface area contributed by atoms with Crippen LogP contribution in [0.3, 0.4) is 0 Å². The molecule has 5 nitrogen and oxygen atoms in total. The number of terminal acetylenes is 1. The van der Waals surface area contributed by atoms with E-state index in [1.54, 1.807) is 0 Å². The molecule has 0 unspecified atom stereocenters. The highest BCUT2D eigenvalue weighted by Gasteiger charge is 2.52. The topological polar surface area (TPSA) is 61.0 Å². The molecule has 4 saturated carbocycles. The zero-order valence-corrected chi connectivity index (χ0v) is 16.0. The molecule has 4 aliphatic carbocycles. The van der Waals surface area contributed by atoms with E-state index in [4.69, 9.17) is 6.42 Å². The average molecular weight is 367 g/mol. The number of aromatic nitrogens is 2. The molecule has 0 aromatic carbocycles. The van der Waals surface area contributed by atoms with E-state index in [0.29, 0.717) is 6.54 Å². The van der Waals surface area contributed by atoms with Crippen LogP contribution in [0.1, 0.15) is 57.1 Å². The molecule has 2 heterocycles. The maximum Gasteiger partial charge on any atom is 0.228 e. The largest absolute Gasteiger partial charge is 0.311 e. The lowest BCUT2D eigenvalue weighted by Gasteiger charge is -2.56. The van der Waals surface area contributed by atoms with Crippen LogP contribution in [-0.2, 0) is 10.2 Å². The van der Waals surface area contributed by atoms with Gasteiger partial charge in [0.05, 0.1) is 12.2 Å². The van der Waals surface area contributed by atoms with Crippen LogP contribution in [-0.4, -0.2) is 40.6 Å². The first kappa shape index (κ1) is 17.3. The number of nitrogens with zero attached hydrogens (tertiary/aromatic N) is 2. The number of nitrogens with one attached hydrogen (secondary N) is 2. The van der Waals surface area contributed by atoms with Gasteiger partial charge in [-0.15, -0.1) is 6.42 Å². The second kappa shape index (κ2) is 6.67. The van der Waals surface area contributed by atoms with Gasteiger partial charge in [-0.05, 0) is 82.2 Å². The molecule has 27 heavy (non-hydrogen) atoms. The quantitative estimate of drug-likeness (QED) is 0.805. The van der Waals surface area contributed by atoms with Crippen LogP contribution >= 0.6 is 0 Å². The summed E-state index contributed by atoms with van der Waals surface area (Å²) in [7, 11) is 0. The lowest BCUT2D eigenvalue weighted by Crippen LogP contribution is -2.48. The predicted molar refractivity (Wildman–Crippen MR) is 105 cm³/mol. The number of piperidine rings is 1. The van der Waals surface area contributed by atoms with E-state index in [1.807, 2.05) is 0 Å². The maximum atomic E-state index is 12.7. The molecule has 144 valence electrons. The number of aromatic amines is 1. The molecular weight excluding hydrogens is 336 g/mol. The SMILES string of the molecule is C#CCN1CCC(C(=O)Nc2cc(C34CC5CC(CC(C5)C3)C4)n[nH]2)CC1. The first-order chi connectivity index (χ1) is 13.1. The van der Waals surface area contributed by atoms with Crippen LogP contribution < -0.4 is 5.32 Å². The summed E-state index contributed by atoms with van der Waals surface area (Å²) in [6.07, 6.45) is 15.3. The summed E-state index contributed by atoms with van der Waals surface area (Å²) in [5.41, 5.74) is 1.47. The van der Waals surface area contributed by atoms with Crippen LogP contribution in [0.15, 0.2) is 6.07 Å². The van der Waals surface area contributed by atoms with Crippen molar-refractivity contribution in [2.45, 2.75) is 56.8 Å². The van der Waals surface area contributed by atoms with E-state index in [9.17, 15) is 4.79 Å². The maximum absolute atomic E-state index is 12.7. The number of rotatable bonds is 4. The van der Waals surface area contributed by atoms with Gasteiger partial charge < -0.3 is 5.32 Å². The summed E-state index contributed by atoms with van der Waals surface area (Å²) in [4.78, 5) is 14.9. The first-order valence-electron chi connectivity index (χ1n) is 10.7. The summed E-state index contributed by atoms with van der Waals surface area (Å²) >= 11 is 0. The fourth-order valence-corrected chi connectivity index (χ4v) is 6.80. The standard InChI is InChI=1S/C22H30N4O/c1-2-5-26-6-3-18(4-7-26)21(27)23-20-11-19(24-25-20)22-12-15-8-16(13-22)10-17(9-15)14-22/h1,11,15-18H,3-10,12-14H2,(H2,23,24,25,27). The van der Waals surface area contributed by atoms with Crippen molar-refractivity contribution in [1.82, 2.24) is 15.1 Å². The Labute approximate surface area is 161 Å². The lowest BCUT2D eigenvalue weighted by atomic mass is 9.49. The molecule has 5 aliphatic rings. The highest BCUT2D eigenvalue weighted by atomic mass is 16.2. The summed E-state index contributed by atoms with van der Waals surface area (Å²) < 4.78 is 0. The highest BCUT2D eigenvalue weighted by molar-refractivity contribution is 5.91. The summed E-state index contributed by atoms with van der Waals surface area (Å²) in [5.74, 6) is 6.37. The molecular formula is C22H30N4O. The average Bonchev–Trinajstić information content (AvgIpc) is 3.11. The number of carbonyl (C=O) groups is 1. The number of hydrogen-bond donors (Lipinski definition) is 2. The molecule has 0 atom stereocenters. The minimum atomic E-state index is 0.0744. The monoisotopic (exact) mass is 366 g/mol. The smallest absolute Gasteiger partial charge is 0.228 e. The van der Waals surface area contributed by atoms with E-state index in [0.717, 1.165) is 49.5 Å². The van der Waals surface area contributed by atoms with Gasteiger partial charge in [0.15, 0.2) is 0 Å². The number of amides is 1. The zero-order chi connectivity index (χ0) is 18.4. The molecule has 1 aliphatic heterocycles. The lowest BCUT2D eigenvalue weighted by molar-refractivity contribution is -0.121. The molecule has 1 aromatic heterocycles. The first-order valence-corrected chi connectivity index (χ1v) is 10.7. The van der Waals surface area contributed by atoms with Gasteiger partial charge in [-0.3, -0.25) is 14.8 Å². The fraction of sp³-hybridized carbons (Fsp3) is 0.727. The molecule has 2 N–H and O–H groups in total. The molecule has 1 amide bonds. The van der Waals surface area contributed by atoms with Crippen LogP contribution in [0.5, 0.6) is 0 Å². The number of H-pyrrole nitrogens is 1. The van der Waals surface area contributed by atoms with Gasteiger partial charge in [-0.25, -0.2) is 0 Å². The van der Waals surface area contributed by atoms with Gasteiger partial charge in [0.1, 0.15) is 5.82 Å². The van der Waals surface area contributed by atoms with Gasteiger partial charge in [-0.1, -0.05) is 5.92 Å². The minimum absolute atomic E-state index is 0.0744. The van der Waals surface area contributed by atoms with Crippen LogP contribution in [0.25, 0.3) is 0 Å². The van der Waals surface area contributed by atoms with Crippen molar-refractivity contribution < 1.29 is 4.79 Å². The molecule has 5 heteroatoms. The third kappa shape index (κ3) is 3.18. The van der Waals surface area contributed by atoms with Crippen molar-refractivity contribution in [1.29, 1.82) is 0 Å². The summed E-state index contributed by atoms with van der Waals surface area (Å²) in [6, 6.07) is 2.12. The normalized spacial score (nSPS) is 35.9. The Balaban J connectivity index is 1.23. The molecule has 1 saturated heterocycles. The summed E-state index contributed by atoms with van der Waals surface area (Å²) in [5, 5.41) is 10.9. The molecule has 0 radical (unpaired) electrons. The minimum Gasteiger partial charge on any atom is -0.311 e. The molecule has 5 fully saturated rings. The Morgan fingerprint density at radius 2 is 1.85 bits per heavy atom. The number of carbonyl (C=O) groups excluding carboxylic acids is 1. The van der Waals surface area contributed by atoms with E-state index >= 15 is 0 Å². The Kier molecular flexibility index (Phi) is 4.27. The van der Waals surface area contributed by atoms with Crippen molar-refractivity contribution in [3.63, 3.8) is 0 Å². The Hall–Kier alpha value is -1.80. The third-order valence-corrected chi connectivity index (χ3v) is 7.69. The van der Waals surface area contributed by atoms with Crippen molar-refractivity contribution >= 4 is 11.7 Å². The number of hydrogen-bond acceptors (Lipinski definition) is 3. The number of anilines is 1. The van der Waals surface area contributed by atoms with Gasteiger partial charge in [0, 0.05) is 17.4 Å². The molecule has 1 aromatic rings. The van der Waals surface area contributed by atoms with Crippen LogP contribution in [0.2, 0.25) is 0 Å². The zero-order valence-electron chi connectivity index (χ0n) is 16.0. The molecule has 6 rings (SSSR count). The van der Waals surface area contributed by atoms with Gasteiger partial charge in [0.25, 0.3) is 0 Å². The van der Waals surface area contributed by atoms with Crippen LogP contribution in [0.4, 0.5) is 5.82 Å². The predicted octanol–water partition coefficient (Wildman–Crippen LogP) is 3.16. The molecule has 4 bridgehead atoms. The van der Waals surface area contributed by atoms with Gasteiger partial charge in [0.2, 0.25) is 5.91 Å². The third-order valence-electron chi connectivity index (χ3n) is 7.69. The van der Waals surface area contributed by atoms with E-state index in [1.165, 1.54) is 44.2 Å². The van der Waals surface area contributed by atoms with Crippen LogP contribution in [0, 0.1) is 36.0 Å². The number of likely N-dealkylation sites (tertiary alicyclic amines) is 1. The molecule has 0 spiro atoms. The Bertz CT molecular complexity index is 717. The Morgan fingerprint density at radius 1 is 1.22 bits per heavy atom. The van der Waals surface area contributed by atoms with E-state index in [2.05, 4.69) is 32.4 Å². The van der Waals surface area contributed by atoms with Crippen molar-refractivity contribution in [2.75, 3.05) is 25.0 Å². The van der Waals surface area contributed by atoms with Crippen molar-refractivity contribution in [3.05, 3.63) is 11.8 Å². The van der Waals surface area contributed by atoms with Crippen molar-refractivity contribution in [2.24, 2.45) is 23.7 Å².